The number of carbonyl (C=O) groups excluding carboxylic acids is 1. The first-order valence-corrected chi connectivity index (χ1v) is 7.70. The van der Waals surface area contributed by atoms with E-state index in [1.54, 1.807) is 0 Å². The molecule has 0 unspecified atom stereocenters. The van der Waals surface area contributed by atoms with Crippen molar-refractivity contribution in [2.45, 2.75) is 20.4 Å². The van der Waals surface area contributed by atoms with E-state index < -0.39 is 0 Å². The lowest BCUT2D eigenvalue weighted by molar-refractivity contribution is 0.0752. The van der Waals surface area contributed by atoms with Crippen LogP contribution in [0, 0.1) is 6.92 Å². The third-order valence-electron chi connectivity index (χ3n) is 3.42. The number of nitrogen functional groups attached to an aromatic ring is 1. The van der Waals surface area contributed by atoms with Gasteiger partial charge in [-0.2, -0.15) is 0 Å². The van der Waals surface area contributed by atoms with Gasteiger partial charge in [-0.05, 0) is 49.2 Å². The second-order valence-electron chi connectivity index (χ2n) is 5.02. The molecule has 110 valence electrons. The summed E-state index contributed by atoms with van der Waals surface area (Å²) in [6.45, 7) is 5.15. The monoisotopic (exact) mass is 346 g/mol. The second-order valence-corrected chi connectivity index (χ2v) is 5.94. The summed E-state index contributed by atoms with van der Waals surface area (Å²) in [7, 11) is 0. The molecule has 0 aliphatic heterocycles. The molecule has 2 N–H and O–H groups in total. The average molecular weight is 347 g/mol. The highest BCUT2D eigenvalue weighted by molar-refractivity contribution is 9.10. The Hall–Kier alpha value is -1.81. The van der Waals surface area contributed by atoms with Crippen LogP contribution in [0.1, 0.15) is 28.4 Å². The van der Waals surface area contributed by atoms with Gasteiger partial charge in [-0.3, -0.25) is 4.79 Å². The van der Waals surface area contributed by atoms with Gasteiger partial charge < -0.3 is 10.6 Å². The minimum atomic E-state index is 0.0405. The summed E-state index contributed by atoms with van der Waals surface area (Å²) < 4.78 is 0.913. The van der Waals surface area contributed by atoms with Crippen LogP contribution in [0.2, 0.25) is 0 Å². The fourth-order valence-electron chi connectivity index (χ4n) is 2.23. The molecular formula is C17H19BrN2O. The minimum Gasteiger partial charge on any atom is -0.399 e. The van der Waals surface area contributed by atoms with Gasteiger partial charge in [0.05, 0.1) is 0 Å². The number of nitrogens with two attached hydrogens (primary N) is 1. The first-order valence-electron chi connectivity index (χ1n) is 6.91. The topological polar surface area (TPSA) is 46.3 Å². The SMILES string of the molecule is CCN(Cc1cccc(N)c1)C(=O)c1cc(Br)ccc1C. The fraction of sp³-hybridized carbons (Fsp3) is 0.235. The molecule has 2 aromatic rings. The van der Waals surface area contributed by atoms with Crippen molar-refractivity contribution < 1.29 is 4.79 Å². The Kier molecular flexibility index (Phi) is 5.02. The molecule has 0 fully saturated rings. The Balaban J connectivity index is 2.24. The molecule has 3 nitrogen and oxygen atoms in total. The number of nitrogens with zero attached hydrogens (tertiary/aromatic N) is 1. The van der Waals surface area contributed by atoms with Crippen LogP contribution in [-0.4, -0.2) is 17.4 Å². The van der Waals surface area contributed by atoms with E-state index >= 15 is 0 Å². The molecular weight excluding hydrogens is 328 g/mol. The molecule has 0 saturated heterocycles. The molecule has 2 rings (SSSR count). The Bertz CT molecular complexity index is 655. The summed E-state index contributed by atoms with van der Waals surface area (Å²) in [5.41, 5.74) is 9.27. The van der Waals surface area contributed by atoms with Gasteiger partial charge in [-0.25, -0.2) is 0 Å². The van der Waals surface area contributed by atoms with Gasteiger partial charge in [0.1, 0.15) is 0 Å². The molecule has 21 heavy (non-hydrogen) atoms. The summed E-state index contributed by atoms with van der Waals surface area (Å²) in [6.07, 6.45) is 0. The lowest BCUT2D eigenvalue weighted by Crippen LogP contribution is -2.30. The number of hydrogen-bond acceptors (Lipinski definition) is 2. The fourth-order valence-corrected chi connectivity index (χ4v) is 2.60. The first kappa shape index (κ1) is 15.6. The van der Waals surface area contributed by atoms with Crippen LogP contribution in [0.15, 0.2) is 46.9 Å². The van der Waals surface area contributed by atoms with Crippen LogP contribution in [0.25, 0.3) is 0 Å². The maximum absolute atomic E-state index is 12.7. The predicted octanol–water partition coefficient (Wildman–Crippen LogP) is 4.00. The highest BCUT2D eigenvalue weighted by Gasteiger charge is 2.17. The van der Waals surface area contributed by atoms with Crippen LogP contribution in [0.4, 0.5) is 5.69 Å². The van der Waals surface area contributed by atoms with Gasteiger partial charge in [0.2, 0.25) is 0 Å². The minimum absolute atomic E-state index is 0.0405. The molecule has 0 aliphatic rings. The van der Waals surface area contributed by atoms with Gasteiger partial charge >= 0.3 is 0 Å². The quantitative estimate of drug-likeness (QED) is 0.850. The van der Waals surface area contributed by atoms with Gasteiger partial charge in [0, 0.05) is 28.8 Å². The molecule has 2 aromatic carbocycles. The number of aryl methyl sites for hydroxylation is 1. The predicted molar refractivity (Wildman–Crippen MR) is 90.1 cm³/mol. The zero-order chi connectivity index (χ0) is 15.4. The summed E-state index contributed by atoms with van der Waals surface area (Å²) in [6, 6.07) is 13.4. The number of rotatable bonds is 4. The van der Waals surface area contributed by atoms with E-state index in [0.29, 0.717) is 13.1 Å². The van der Waals surface area contributed by atoms with Crippen molar-refractivity contribution in [1.29, 1.82) is 0 Å². The highest BCUT2D eigenvalue weighted by Crippen LogP contribution is 2.19. The molecule has 0 spiro atoms. The highest BCUT2D eigenvalue weighted by atomic mass is 79.9. The van der Waals surface area contributed by atoms with Gasteiger partial charge in [-0.1, -0.05) is 34.1 Å². The third-order valence-corrected chi connectivity index (χ3v) is 3.92. The van der Waals surface area contributed by atoms with E-state index in [0.717, 1.165) is 26.9 Å². The van der Waals surface area contributed by atoms with Crippen LogP contribution >= 0.6 is 15.9 Å². The van der Waals surface area contributed by atoms with E-state index in [9.17, 15) is 4.79 Å². The largest absolute Gasteiger partial charge is 0.399 e. The van der Waals surface area contributed by atoms with E-state index in [1.165, 1.54) is 0 Å². The zero-order valence-corrected chi connectivity index (χ0v) is 13.9. The number of anilines is 1. The van der Waals surface area contributed by atoms with Crippen molar-refractivity contribution in [2.75, 3.05) is 12.3 Å². The summed E-state index contributed by atoms with van der Waals surface area (Å²) in [5.74, 6) is 0.0405. The van der Waals surface area contributed by atoms with Crippen LogP contribution in [-0.2, 0) is 6.54 Å². The lowest BCUT2D eigenvalue weighted by atomic mass is 10.1. The van der Waals surface area contributed by atoms with Crippen molar-refractivity contribution in [3.63, 3.8) is 0 Å². The van der Waals surface area contributed by atoms with E-state index in [-0.39, 0.29) is 5.91 Å². The number of amides is 1. The molecule has 0 atom stereocenters. The smallest absolute Gasteiger partial charge is 0.254 e. The molecule has 0 heterocycles. The average Bonchev–Trinajstić information content (AvgIpc) is 2.46. The molecule has 0 saturated carbocycles. The third kappa shape index (κ3) is 3.85. The molecule has 4 heteroatoms. The number of hydrogen-bond donors (Lipinski definition) is 1. The summed E-state index contributed by atoms with van der Waals surface area (Å²) >= 11 is 3.42. The van der Waals surface area contributed by atoms with Crippen LogP contribution < -0.4 is 5.73 Å². The van der Waals surface area contributed by atoms with Crippen LogP contribution in [0.3, 0.4) is 0 Å². The van der Waals surface area contributed by atoms with Gasteiger partial charge in [0.25, 0.3) is 5.91 Å². The van der Waals surface area contributed by atoms with Gasteiger partial charge in [-0.15, -0.1) is 0 Å². The number of carbonyl (C=O) groups is 1. The van der Waals surface area contributed by atoms with Crippen molar-refractivity contribution in [1.82, 2.24) is 4.90 Å². The Labute approximate surface area is 133 Å². The van der Waals surface area contributed by atoms with Crippen LogP contribution in [0.5, 0.6) is 0 Å². The summed E-state index contributed by atoms with van der Waals surface area (Å²) in [5, 5.41) is 0. The molecule has 1 amide bonds. The maximum Gasteiger partial charge on any atom is 0.254 e. The van der Waals surface area contributed by atoms with Gasteiger partial charge in [0.15, 0.2) is 0 Å². The molecule has 0 aliphatic carbocycles. The maximum atomic E-state index is 12.7. The summed E-state index contributed by atoms with van der Waals surface area (Å²) in [4.78, 5) is 14.5. The van der Waals surface area contributed by atoms with E-state index in [1.807, 2.05) is 61.2 Å². The Morgan fingerprint density at radius 1 is 1.24 bits per heavy atom. The van der Waals surface area contributed by atoms with E-state index in [2.05, 4.69) is 15.9 Å². The van der Waals surface area contributed by atoms with Crippen molar-refractivity contribution in [3.05, 3.63) is 63.6 Å². The first-order chi connectivity index (χ1) is 10.0. The second kappa shape index (κ2) is 6.76. The normalized spacial score (nSPS) is 10.4. The number of halogens is 1. The molecule has 0 bridgehead atoms. The van der Waals surface area contributed by atoms with E-state index in [4.69, 9.17) is 5.73 Å². The molecule has 0 aromatic heterocycles. The zero-order valence-electron chi connectivity index (χ0n) is 12.3. The lowest BCUT2D eigenvalue weighted by Gasteiger charge is -2.22. The van der Waals surface area contributed by atoms with Crippen molar-refractivity contribution in [2.24, 2.45) is 0 Å². The Morgan fingerprint density at radius 2 is 2.00 bits per heavy atom. The number of benzene rings is 2. The molecule has 0 radical (unpaired) electrons. The van der Waals surface area contributed by atoms with Crippen molar-refractivity contribution in [3.8, 4) is 0 Å². The standard InChI is InChI=1S/C17H19BrN2O/c1-3-20(11-13-5-4-6-15(19)9-13)17(21)16-10-14(18)8-7-12(16)2/h4-10H,3,11,19H2,1-2H3. The van der Waals surface area contributed by atoms with Crippen molar-refractivity contribution >= 4 is 27.5 Å². The Morgan fingerprint density at radius 3 is 2.67 bits per heavy atom.